The average Bonchev–Trinajstić information content (AvgIpc) is 2.66. The van der Waals surface area contributed by atoms with Crippen LogP contribution in [0.5, 0.6) is 0 Å². The monoisotopic (exact) mass is 363 g/mol. The van der Waals surface area contributed by atoms with Gasteiger partial charge in [-0.25, -0.2) is 9.59 Å². The van der Waals surface area contributed by atoms with Crippen molar-refractivity contribution in [3.63, 3.8) is 0 Å². The first kappa shape index (κ1) is 18.4. The van der Waals surface area contributed by atoms with Crippen LogP contribution in [-0.2, 0) is 9.47 Å². The maximum atomic E-state index is 12.4. The van der Waals surface area contributed by atoms with Gasteiger partial charge < -0.3 is 29.9 Å². The number of aromatic nitrogens is 1. The molecule has 9 heteroatoms. The Morgan fingerprint density at radius 2 is 1.23 bits per heavy atom. The Kier molecular flexibility index (Phi) is 5.89. The van der Waals surface area contributed by atoms with Crippen LogP contribution in [0.2, 0.25) is 0 Å². The molecule has 26 heavy (non-hydrogen) atoms. The lowest BCUT2D eigenvalue weighted by Gasteiger charge is -2.28. The van der Waals surface area contributed by atoms with Gasteiger partial charge in [0.2, 0.25) is 0 Å². The molecule has 0 atom stereocenters. The summed E-state index contributed by atoms with van der Waals surface area (Å²) in [6.45, 7) is 8.06. The van der Waals surface area contributed by atoms with E-state index in [1.165, 1.54) is 0 Å². The van der Waals surface area contributed by atoms with Crippen molar-refractivity contribution in [1.29, 1.82) is 0 Å². The fourth-order valence-electron chi connectivity index (χ4n) is 2.90. The Hall–Kier alpha value is -2.39. The molecule has 1 aromatic rings. The molecule has 0 bridgehead atoms. The molecule has 0 unspecified atom stereocenters. The number of urea groups is 2. The van der Waals surface area contributed by atoms with E-state index in [4.69, 9.17) is 9.47 Å². The maximum absolute atomic E-state index is 12.4. The van der Waals surface area contributed by atoms with Crippen LogP contribution in [0.1, 0.15) is 11.4 Å². The van der Waals surface area contributed by atoms with Crippen LogP contribution in [-0.4, -0.2) is 79.5 Å². The standard InChI is InChI=1S/C17H25N5O4/c1-12-14(19-16(23)21-3-7-25-8-4-21)11-15(13(2)18-12)20-17(24)22-5-9-26-10-6-22/h11H,3-10H2,1-2H3,(H,19,23)(H,20,24). The zero-order chi connectivity index (χ0) is 18.5. The quantitative estimate of drug-likeness (QED) is 0.829. The predicted molar refractivity (Wildman–Crippen MR) is 96.5 cm³/mol. The highest BCUT2D eigenvalue weighted by Gasteiger charge is 2.20. The van der Waals surface area contributed by atoms with Crippen molar-refractivity contribution in [2.45, 2.75) is 13.8 Å². The molecule has 142 valence electrons. The number of carbonyl (C=O) groups excluding carboxylic acids is 2. The van der Waals surface area contributed by atoms with E-state index in [9.17, 15) is 9.59 Å². The summed E-state index contributed by atoms with van der Waals surface area (Å²) in [5.41, 5.74) is 2.58. The van der Waals surface area contributed by atoms with E-state index in [1.807, 2.05) is 13.8 Å². The minimum atomic E-state index is -0.187. The van der Waals surface area contributed by atoms with Gasteiger partial charge in [0.25, 0.3) is 0 Å². The smallest absolute Gasteiger partial charge is 0.322 e. The normalized spacial score (nSPS) is 17.8. The first-order valence-corrected chi connectivity index (χ1v) is 8.80. The fourth-order valence-corrected chi connectivity index (χ4v) is 2.90. The zero-order valence-electron chi connectivity index (χ0n) is 15.2. The van der Waals surface area contributed by atoms with Crippen LogP contribution in [0.4, 0.5) is 21.0 Å². The predicted octanol–water partition coefficient (Wildman–Crippen LogP) is 1.43. The number of nitrogens with one attached hydrogen (secondary N) is 2. The molecule has 3 heterocycles. The van der Waals surface area contributed by atoms with Crippen molar-refractivity contribution >= 4 is 23.4 Å². The molecule has 0 aliphatic carbocycles. The first-order valence-electron chi connectivity index (χ1n) is 8.80. The summed E-state index contributed by atoms with van der Waals surface area (Å²) in [6, 6.07) is 1.38. The molecule has 2 N–H and O–H groups in total. The Balaban J connectivity index is 1.69. The minimum absolute atomic E-state index is 0.187. The van der Waals surface area contributed by atoms with Gasteiger partial charge in [0.1, 0.15) is 0 Å². The number of hydrogen-bond acceptors (Lipinski definition) is 5. The highest BCUT2D eigenvalue weighted by Crippen LogP contribution is 2.23. The molecule has 0 spiro atoms. The number of carbonyl (C=O) groups is 2. The van der Waals surface area contributed by atoms with Gasteiger partial charge in [0, 0.05) is 26.2 Å². The Morgan fingerprint density at radius 3 is 1.62 bits per heavy atom. The van der Waals surface area contributed by atoms with Gasteiger partial charge in [-0.15, -0.1) is 0 Å². The number of aryl methyl sites for hydroxylation is 2. The molecule has 3 rings (SSSR count). The molecule has 9 nitrogen and oxygen atoms in total. The number of hydrogen-bond donors (Lipinski definition) is 2. The van der Waals surface area contributed by atoms with Crippen molar-refractivity contribution in [3.8, 4) is 0 Å². The van der Waals surface area contributed by atoms with Gasteiger partial charge in [-0.3, -0.25) is 4.98 Å². The van der Waals surface area contributed by atoms with E-state index in [0.717, 1.165) is 0 Å². The van der Waals surface area contributed by atoms with E-state index in [2.05, 4.69) is 15.6 Å². The zero-order valence-corrected chi connectivity index (χ0v) is 15.2. The van der Waals surface area contributed by atoms with Crippen molar-refractivity contribution in [2.75, 3.05) is 63.2 Å². The van der Waals surface area contributed by atoms with Crippen molar-refractivity contribution in [1.82, 2.24) is 14.8 Å². The molecule has 2 aliphatic rings. The van der Waals surface area contributed by atoms with E-state index in [-0.39, 0.29) is 12.1 Å². The number of ether oxygens (including phenoxy) is 2. The summed E-state index contributed by atoms with van der Waals surface area (Å²) < 4.78 is 10.5. The molecule has 2 aliphatic heterocycles. The lowest BCUT2D eigenvalue weighted by Crippen LogP contribution is -2.43. The van der Waals surface area contributed by atoms with Gasteiger partial charge >= 0.3 is 12.1 Å². The molecular formula is C17H25N5O4. The van der Waals surface area contributed by atoms with E-state index in [0.29, 0.717) is 75.4 Å². The summed E-state index contributed by atoms with van der Waals surface area (Å²) in [7, 11) is 0. The molecule has 2 saturated heterocycles. The summed E-state index contributed by atoms with van der Waals surface area (Å²) in [4.78, 5) is 32.7. The SMILES string of the molecule is Cc1nc(C)c(NC(=O)N2CCOCC2)cc1NC(=O)N1CCOCC1. The number of rotatable bonds is 2. The fraction of sp³-hybridized carbons (Fsp3) is 0.588. The Bertz CT molecular complexity index is 616. The summed E-state index contributed by atoms with van der Waals surface area (Å²) >= 11 is 0. The topological polar surface area (TPSA) is 96.0 Å². The van der Waals surface area contributed by atoms with Crippen molar-refractivity contribution in [2.24, 2.45) is 0 Å². The van der Waals surface area contributed by atoms with Gasteiger partial charge in [-0.1, -0.05) is 0 Å². The van der Waals surface area contributed by atoms with E-state index >= 15 is 0 Å². The lowest BCUT2D eigenvalue weighted by molar-refractivity contribution is 0.0564. The van der Waals surface area contributed by atoms with Crippen LogP contribution in [0, 0.1) is 13.8 Å². The van der Waals surface area contributed by atoms with Gasteiger partial charge in [0.15, 0.2) is 0 Å². The molecule has 2 fully saturated rings. The van der Waals surface area contributed by atoms with Crippen LogP contribution >= 0.6 is 0 Å². The minimum Gasteiger partial charge on any atom is -0.378 e. The average molecular weight is 363 g/mol. The first-order chi connectivity index (χ1) is 12.5. The van der Waals surface area contributed by atoms with Crippen LogP contribution < -0.4 is 10.6 Å². The number of anilines is 2. The highest BCUT2D eigenvalue weighted by molar-refractivity contribution is 5.93. The van der Waals surface area contributed by atoms with Crippen molar-refractivity contribution < 1.29 is 19.1 Å². The highest BCUT2D eigenvalue weighted by atomic mass is 16.5. The summed E-state index contributed by atoms with van der Waals surface area (Å²) in [5, 5.41) is 5.77. The third-order valence-electron chi connectivity index (χ3n) is 4.48. The number of amides is 4. The molecule has 4 amide bonds. The number of morpholine rings is 2. The number of pyridine rings is 1. The Labute approximate surface area is 152 Å². The van der Waals surface area contributed by atoms with Crippen LogP contribution in [0.25, 0.3) is 0 Å². The van der Waals surface area contributed by atoms with Crippen LogP contribution in [0.15, 0.2) is 6.07 Å². The van der Waals surface area contributed by atoms with Gasteiger partial charge in [-0.05, 0) is 19.9 Å². The second kappa shape index (κ2) is 8.33. The summed E-state index contributed by atoms with van der Waals surface area (Å²) in [6.07, 6.45) is 0. The van der Waals surface area contributed by atoms with Gasteiger partial charge in [0.05, 0.1) is 49.2 Å². The number of nitrogens with zero attached hydrogens (tertiary/aromatic N) is 3. The lowest BCUT2D eigenvalue weighted by atomic mass is 10.2. The Morgan fingerprint density at radius 1 is 0.846 bits per heavy atom. The molecular weight excluding hydrogens is 338 g/mol. The maximum Gasteiger partial charge on any atom is 0.322 e. The molecule has 1 aromatic heterocycles. The van der Waals surface area contributed by atoms with Crippen LogP contribution in [0.3, 0.4) is 0 Å². The second-order valence-electron chi connectivity index (χ2n) is 6.31. The summed E-state index contributed by atoms with van der Waals surface area (Å²) in [5.74, 6) is 0. The molecule has 0 saturated carbocycles. The van der Waals surface area contributed by atoms with E-state index in [1.54, 1.807) is 15.9 Å². The largest absolute Gasteiger partial charge is 0.378 e. The van der Waals surface area contributed by atoms with Crippen molar-refractivity contribution in [3.05, 3.63) is 17.5 Å². The second-order valence-corrected chi connectivity index (χ2v) is 6.31. The third-order valence-corrected chi connectivity index (χ3v) is 4.48. The van der Waals surface area contributed by atoms with E-state index < -0.39 is 0 Å². The third kappa shape index (κ3) is 4.41. The molecule has 0 aromatic carbocycles. The molecule has 0 radical (unpaired) electrons. The van der Waals surface area contributed by atoms with Gasteiger partial charge in [-0.2, -0.15) is 0 Å².